The molecule has 0 aliphatic carbocycles. The molecule has 2 rings (SSSR count). The van der Waals surface area contributed by atoms with Crippen LogP contribution in [0.3, 0.4) is 0 Å². The molecule has 0 aromatic carbocycles. The maximum absolute atomic E-state index is 11.7. The molecule has 1 aromatic heterocycles. The summed E-state index contributed by atoms with van der Waals surface area (Å²) < 4.78 is 5.05. The Labute approximate surface area is 126 Å². The van der Waals surface area contributed by atoms with E-state index in [9.17, 15) is 4.79 Å². The normalized spacial score (nSPS) is 17.5. The van der Waals surface area contributed by atoms with Crippen LogP contribution in [0.25, 0.3) is 0 Å². The van der Waals surface area contributed by atoms with Crippen molar-refractivity contribution in [2.45, 2.75) is 45.2 Å². The topological polar surface area (TPSA) is 54.5 Å². The molecule has 0 bridgehead atoms. The van der Waals surface area contributed by atoms with Crippen LogP contribution in [-0.4, -0.2) is 41.7 Å². The van der Waals surface area contributed by atoms with Crippen molar-refractivity contribution in [1.29, 1.82) is 0 Å². The van der Waals surface area contributed by atoms with Crippen molar-refractivity contribution in [2.75, 3.05) is 19.7 Å². The van der Waals surface area contributed by atoms with Crippen LogP contribution in [0.2, 0.25) is 0 Å². The van der Waals surface area contributed by atoms with Gasteiger partial charge in [-0.2, -0.15) is 0 Å². The monoisotopic (exact) mass is 291 g/mol. The molecule has 1 fully saturated rings. The standard InChI is InChI=1S/C16H25N3O2/c1-3-15(13-5-9-17-10-6-13)18-14-7-11-19(12-8-14)16(20)21-4-2/h5-6,9-10,14-15,18H,3-4,7-8,11-12H2,1-2H3/t15-/m1/s1. The Morgan fingerprint density at radius 2 is 2.05 bits per heavy atom. The van der Waals surface area contributed by atoms with Crippen molar-refractivity contribution >= 4 is 6.09 Å². The summed E-state index contributed by atoms with van der Waals surface area (Å²) in [5.41, 5.74) is 1.28. The smallest absolute Gasteiger partial charge is 0.409 e. The minimum absolute atomic E-state index is 0.183. The van der Waals surface area contributed by atoms with E-state index in [0.29, 0.717) is 18.7 Å². The first-order valence-electron chi connectivity index (χ1n) is 7.82. The second-order valence-electron chi connectivity index (χ2n) is 5.37. The molecule has 0 radical (unpaired) electrons. The fourth-order valence-electron chi connectivity index (χ4n) is 2.77. The lowest BCUT2D eigenvalue weighted by molar-refractivity contribution is 0.0941. The number of hydrogen-bond donors (Lipinski definition) is 1. The molecule has 1 aliphatic rings. The summed E-state index contributed by atoms with van der Waals surface area (Å²) in [6.45, 7) is 6.00. The fourth-order valence-corrected chi connectivity index (χ4v) is 2.77. The molecule has 0 unspecified atom stereocenters. The lowest BCUT2D eigenvalue weighted by atomic mass is 10.00. The second kappa shape index (κ2) is 7.98. The van der Waals surface area contributed by atoms with Crippen LogP contribution >= 0.6 is 0 Å². The molecule has 0 spiro atoms. The van der Waals surface area contributed by atoms with Crippen LogP contribution in [0, 0.1) is 0 Å². The third-order valence-electron chi connectivity index (χ3n) is 3.97. The summed E-state index contributed by atoms with van der Waals surface area (Å²) in [5.74, 6) is 0. The number of nitrogens with zero attached hydrogens (tertiary/aromatic N) is 2. The van der Waals surface area contributed by atoms with Crippen LogP contribution in [0.1, 0.15) is 44.7 Å². The first-order chi connectivity index (χ1) is 10.2. The molecule has 116 valence electrons. The first kappa shape index (κ1) is 15.8. The van der Waals surface area contributed by atoms with Crippen LogP contribution in [0.4, 0.5) is 4.79 Å². The number of nitrogens with one attached hydrogen (secondary N) is 1. The SMILES string of the molecule is CCOC(=O)N1CCC(N[C@H](CC)c2ccncc2)CC1. The molecule has 1 N–H and O–H groups in total. The Hall–Kier alpha value is -1.62. The average Bonchev–Trinajstić information content (AvgIpc) is 2.54. The van der Waals surface area contributed by atoms with Crippen LogP contribution in [0.5, 0.6) is 0 Å². The van der Waals surface area contributed by atoms with Gasteiger partial charge in [0.2, 0.25) is 0 Å². The molecular weight excluding hydrogens is 266 g/mol. The average molecular weight is 291 g/mol. The predicted molar refractivity (Wildman–Crippen MR) is 82.0 cm³/mol. The van der Waals surface area contributed by atoms with Crippen molar-refractivity contribution in [3.8, 4) is 0 Å². The summed E-state index contributed by atoms with van der Waals surface area (Å²) in [7, 11) is 0. The Bertz CT molecular complexity index is 430. The van der Waals surface area contributed by atoms with E-state index in [1.807, 2.05) is 19.3 Å². The van der Waals surface area contributed by atoms with Crippen molar-refractivity contribution in [2.24, 2.45) is 0 Å². The van der Waals surface area contributed by atoms with Crippen LogP contribution in [-0.2, 0) is 4.74 Å². The lowest BCUT2D eigenvalue weighted by Gasteiger charge is -2.34. The number of amides is 1. The van der Waals surface area contributed by atoms with E-state index in [1.54, 1.807) is 4.90 Å². The molecule has 1 saturated heterocycles. The maximum Gasteiger partial charge on any atom is 0.409 e. The third-order valence-corrected chi connectivity index (χ3v) is 3.97. The summed E-state index contributed by atoms with van der Waals surface area (Å²) in [6.07, 6.45) is 6.48. The summed E-state index contributed by atoms with van der Waals surface area (Å²) >= 11 is 0. The Balaban J connectivity index is 1.83. The fraction of sp³-hybridized carbons (Fsp3) is 0.625. The number of pyridine rings is 1. The van der Waals surface area contributed by atoms with Gasteiger partial charge in [-0.3, -0.25) is 4.98 Å². The zero-order chi connectivity index (χ0) is 15.1. The number of ether oxygens (including phenoxy) is 1. The largest absolute Gasteiger partial charge is 0.450 e. The van der Waals surface area contributed by atoms with E-state index >= 15 is 0 Å². The summed E-state index contributed by atoms with van der Waals surface area (Å²) in [5, 5.41) is 3.71. The minimum Gasteiger partial charge on any atom is -0.450 e. The Morgan fingerprint density at radius 1 is 1.38 bits per heavy atom. The van der Waals surface area contributed by atoms with Crippen LogP contribution in [0.15, 0.2) is 24.5 Å². The van der Waals surface area contributed by atoms with E-state index in [-0.39, 0.29) is 6.09 Å². The number of carbonyl (C=O) groups is 1. The van der Waals surface area contributed by atoms with Gasteiger partial charge in [0.25, 0.3) is 0 Å². The molecule has 5 heteroatoms. The molecule has 5 nitrogen and oxygen atoms in total. The van der Waals surface area contributed by atoms with E-state index in [4.69, 9.17) is 4.74 Å². The Kier molecular flexibility index (Phi) is 5.99. The van der Waals surface area contributed by atoms with Crippen LogP contribution < -0.4 is 5.32 Å². The van der Waals surface area contributed by atoms with Crippen molar-refractivity contribution in [3.63, 3.8) is 0 Å². The van der Waals surface area contributed by atoms with Gasteiger partial charge in [-0.15, -0.1) is 0 Å². The highest BCUT2D eigenvalue weighted by Gasteiger charge is 2.25. The molecular formula is C16H25N3O2. The highest BCUT2D eigenvalue weighted by Crippen LogP contribution is 2.20. The van der Waals surface area contributed by atoms with Gasteiger partial charge in [0.15, 0.2) is 0 Å². The number of likely N-dealkylation sites (tertiary alicyclic amines) is 1. The molecule has 21 heavy (non-hydrogen) atoms. The zero-order valence-electron chi connectivity index (χ0n) is 12.9. The van der Waals surface area contributed by atoms with E-state index in [1.165, 1.54) is 5.56 Å². The van der Waals surface area contributed by atoms with E-state index in [2.05, 4.69) is 29.4 Å². The van der Waals surface area contributed by atoms with Gasteiger partial charge in [0.05, 0.1) is 6.61 Å². The van der Waals surface area contributed by atoms with Gasteiger partial charge in [-0.1, -0.05) is 6.92 Å². The molecule has 1 aromatic rings. The van der Waals surface area contributed by atoms with Gasteiger partial charge in [0, 0.05) is 37.6 Å². The van der Waals surface area contributed by atoms with E-state index in [0.717, 1.165) is 32.4 Å². The quantitative estimate of drug-likeness (QED) is 0.906. The van der Waals surface area contributed by atoms with Gasteiger partial charge < -0.3 is 15.0 Å². The number of carbonyl (C=O) groups excluding carboxylic acids is 1. The number of aromatic nitrogens is 1. The number of hydrogen-bond acceptors (Lipinski definition) is 4. The molecule has 2 heterocycles. The zero-order valence-corrected chi connectivity index (χ0v) is 12.9. The van der Waals surface area contributed by atoms with Gasteiger partial charge in [-0.25, -0.2) is 4.79 Å². The molecule has 1 aliphatic heterocycles. The molecule has 1 amide bonds. The Morgan fingerprint density at radius 3 is 2.62 bits per heavy atom. The van der Waals surface area contributed by atoms with Crippen molar-refractivity contribution in [1.82, 2.24) is 15.2 Å². The van der Waals surface area contributed by atoms with Crippen molar-refractivity contribution in [3.05, 3.63) is 30.1 Å². The highest BCUT2D eigenvalue weighted by atomic mass is 16.6. The minimum atomic E-state index is -0.183. The molecule has 0 saturated carbocycles. The summed E-state index contributed by atoms with van der Waals surface area (Å²) in [4.78, 5) is 17.6. The van der Waals surface area contributed by atoms with Gasteiger partial charge in [-0.05, 0) is 43.9 Å². The third kappa shape index (κ3) is 4.43. The highest BCUT2D eigenvalue weighted by molar-refractivity contribution is 5.67. The van der Waals surface area contributed by atoms with Crippen molar-refractivity contribution < 1.29 is 9.53 Å². The first-order valence-corrected chi connectivity index (χ1v) is 7.82. The van der Waals surface area contributed by atoms with E-state index < -0.39 is 0 Å². The second-order valence-corrected chi connectivity index (χ2v) is 5.37. The lowest BCUT2D eigenvalue weighted by Crippen LogP contribution is -2.45. The van der Waals surface area contributed by atoms with Gasteiger partial charge in [0.1, 0.15) is 0 Å². The molecule has 1 atom stereocenters. The summed E-state index contributed by atoms with van der Waals surface area (Å²) in [6, 6.07) is 4.94. The number of piperidine rings is 1. The predicted octanol–water partition coefficient (Wildman–Crippen LogP) is 2.74. The maximum atomic E-state index is 11.7. The van der Waals surface area contributed by atoms with Gasteiger partial charge >= 0.3 is 6.09 Å². The number of rotatable bonds is 5.